The topological polar surface area (TPSA) is 30.7 Å². The lowest BCUT2D eigenvalue weighted by Gasteiger charge is -2.16. The maximum Gasteiger partial charge on any atom is 0.0842 e. The molecule has 1 aliphatic rings. The summed E-state index contributed by atoms with van der Waals surface area (Å²) < 4.78 is 1.97. The van der Waals surface area contributed by atoms with Crippen molar-refractivity contribution in [3.05, 3.63) is 18.0 Å². The predicted octanol–water partition coefficient (Wildman–Crippen LogP) is 2.86. The Morgan fingerprint density at radius 3 is 3.20 bits per heavy atom. The zero-order valence-corrected chi connectivity index (χ0v) is 9.74. The molecule has 3 nitrogen and oxygen atoms in total. The van der Waals surface area contributed by atoms with Gasteiger partial charge in [-0.1, -0.05) is 18.2 Å². The lowest BCUT2D eigenvalue weighted by Crippen LogP contribution is -2.08. The van der Waals surface area contributed by atoms with Gasteiger partial charge < -0.3 is 0 Å². The molecule has 1 aromatic rings. The average molecular weight is 226 g/mol. The molecule has 82 valence electrons. The molecule has 0 amide bonds. The second-order valence-electron chi connectivity index (χ2n) is 3.94. The quantitative estimate of drug-likeness (QED) is 0.741. The van der Waals surface area contributed by atoms with Crippen LogP contribution in [-0.4, -0.2) is 20.4 Å². The minimum Gasteiger partial charge on any atom is -0.245 e. The van der Waals surface area contributed by atoms with E-state index in [1.165, 1.54) is 5.57 Å². The minimum absolute atomic E-state index is 0.179. The smallest absolute Gasteiger partial charge is 0.0842 e. The summed E-state index contributed by atoms with van der Waals surface area (Å²) in [6.45, 7) is 3.07. The van der Waals surface area contributed by atoms with Crippen LogP contribution >= 0.6 is 11.6 Å². The Hall–Kier alpha value is -0.830. The molecule has 1 heterocycles. The Bertz CT molecular complexity index is 356. The fraction of sp³-hybridized carbons (Fsp3) is 0.636. The SMILES string of the molecule is CCCn1nncc1C1=CC(Cl)CCC1. The molecule has 1 unspecified atom stereocenters. The summed E-state index contributed by atoms with van der Waals surface area (Å²) in [4.78, 5) is 0. The van der Waals surface area contributed by atoms with Crippen LogP contribution in [0.5, 0.6) is 0 Å². The number of halogens is 1. The van der Waals surface area contributed by atoms with Crippen LogP contribution in [0, 0.1) is 0 Å². The van der Waals surface area contributed by atoms with Crippen molar-refractivity contribution in [2.45, 2.75) is 44.5 Å². The van der Waals surface area contributed by atoms with Crippen molar-refractivity contribution >= 4 is 17.2 Å². The summed E-state index contributed by atoms with van der Waals surface area (Å²) in [6.07, 6.45) is 8.41. The van der Waals surface area contributed by atoms with Gasteiger partial charge in [0.1, 0.15) is 0 Å². The first-order chi connectivity index (χ1) is 7.31. The zero-order chi connectivity index (χ0) is 10.7. The molecule has 1 aliphatic carbocycles. The van der Waals surface area contributed by atoms with Crippen molar-refractivity contribution in [2.24, 2.45) is 0 Å². The normalized spacial score (nSPS) is 21.5. The molecule has 0 spiro atoms. The summed E-state index contributed by atoms with van der Waals surface area (Å²) in [6, 6.07) is 0. The molecule has 0 radical (unpaired) electrons. The van der Waals surface area contributed by atoms with E-state index in [0.717, 1.165) is 37.9 Å². The van der Waals surface area contributed by atoms with Crippen LogP contribution in [0.4, 0.5) is 0 Å². The first-order valence-corrected chi connectivity index (χ1v) is 5.98. The van der Waals surface area contributed by atoms with E-state index in [1.54, 1.807) is 0 Å². The highest BCUT2D eigenvalue weighted by Gasteiger charge is 2.15. The van der Waals surface area contributed by atoms with E-state index in [2.05, 4.69) is 23.3 Å². The lowest BCUT2D eigenvalue weighted by atomic mass is 9.97. The molecule has 0 saturated carbocycles. The Morgan fingerprint density at radius 1 is 1.60 bits per heavy atom. The summed E-state index contributed by atoms with van der Waals surface area (Å²) in [5.74, 6) is 0. The van der Waals surface area contributed by atoms with Gasteiger partial charge in [0.15, 0.2) is 0 Å². The van der Waals surface area contributed by atoms with E-state index < -0.39 is 0 Å². The number of hydrogen-bond acceptors (Lipinski definition) is 2. The highest BCUT2D eigenvalue weighted by molar-refractivity contribution is 6.22. The molecule has 15 heavy (non-hydrogen) atoms. The number of allylic oxidation sites excluding steroid dienone is 2. The van der Waals surface area contributed by atoms with Crippen LogP contribution < -0.4 is 0 Å². The Balaban J connectivity index is 2.24. The number of alkyl halides is 1. The third kappa shape index (κ3) is 2.40. The third-order valence-electron chi connectivity index (χ3n) is 2.69. The van der Waals surface area contributed by atoms with Crippen LogP contribution in [0.15, 0.2) is 12.3 Å². The molecule has 2 rings (SSSR count). The second kappa shape index (κ2) is 4.79. The zero-order valence-electron chi connectivity index (χ0n) is 8.99. The fourth-order valence-electron chi connectivity index (χ4n) is 1.97. The van der Waals surface area contributed by atoms with Crippen molar-refractivity contribution in [1.29, 1.82) is 0 Å². The molecule has 0 aromatic carbocycles. The van der Waals surface area contributed by atoms with Gasteiger partial charge in [-0.3, -0.25) is 0 Å². The van der Waals surface area contributed by atoms with E-state index in [1.807, 2.05) is 10.9 Å². The van der Waals surface area contributed by atoms with Gasteiger partial charge in [-0.25, -0.2) is 4.68 Å². The maximum absolute atomic E-state index is 6.13. The molecule has 0 bridgehead atoms. The first kappa shape index (κ1) is 10.7. The van der Waals surface area contributed by atoms with Crippen LogP contribution in [0.3, 0.4) is 0 Å². The Morgan fingerprint density at radius 2 is 2.47 bits per heavy atom. The standard InChI is InChI=1S/C11H16ClN3/c1-2-6-15-11(8-13-14-15)9-4-3-5-10(12)7-9/h7-8,10H,2-6H2,1H3. The van der Waals surface area contributed by atoms with Crippen molar-refractivity contribution in [3.8, 4) is 0 Å². The summed E-state index contributed by atoms with van der Waals surface area (Å²) in [5.41, 5.74) is 2.45. The van der Waals surface area contributed by atoms with Crippen LogP contribution in [0.1, 0.15) is 38.3 Å². The Kier molecular flexibility index (Phi) is 3.41. The maximum atomic E-state index is 6.13. The lowest BCUT2D eigenvalue weighted by molar-refractivity contribution is 0.570. The minimum atomic E-state index is 0.179. The molecule has 0 N–H and O–H groups in total. The molecule has 0 saturated heterocycles. The van der Waals surface area contributed by atoms with Gasteiger partial charge in [0.2, 0.25) is 0 Å². The molecular weight excluding hydrogens is 210 g/mol. The number of rotatable bonds is 3. The highest BCUT2D eigenvalue weighted by Crippen LogP contribution is 2.28. The third-order valence-corrected chi connectivity index (χ3v) is 3.03. The van der Waals surface area contributed by atoms with Crippen LogP contribution in [0.2, 0.25) is 0 Å². The van der Waals surface area contributed by atoms with E-state index in [-0.39, 0.29) is 5.38 Å². The molecule has 1 atom stereocenters. The summed E-state index contributed by atoms with van der Waals surface area (Å²) in [7, 11) is 0. The first-order valence-electron chi connectivity index (χ1n) is 5.55. The van der Waals surface area contributed by atoms with Gasteiger partial charge >= 0.3 is 0 Å². The highest BCUT2D eigenvalue weighted by atomic mass is 35.5. The van der Waals surface area contributed by atoms with Crippen molar-refractivity contribution < 1.29 is 0 Å². The summed E-state index contributed by atoms with van der Waals surface area (Å²) in [5, 5.41) is 8.24. The van der Waals surface area contributed by atoms with Gasteiger partial charge in [0.05, 0.1) is 17.3 Å². The van der Waals surface area contributed by atoms with E-state index in [9.17, 15) is 0 Å². The molecule has 0 aliphatic heterocycles. The van der Waals surface area contributed by atoms with Gasteiger partial charge in [0, 0.05) is 6.54 Å². The molecule has 1 aromatic heterocycles. The Labute approximate surface area is 95.1 Å². The van der Waals surface area contributed by atoms with Gasteiger partial charge in [-0.2, -0.15) is 0 Å². The van der Waals surface area contributed by atoms with Gasteiger partial charge in [-0.15, -0.1) is 16.7 Å². The number of hydrogen-bond donors (Lipinski definition) is 0. The number of aryl methyl sites for hydroxylation is 1. The average Bonchev–Trinajstić information content (AvgIpc) is 2.66. The largest absolute Gasteiger partial charge is 0.245 e. The number of nitrogens with zero attached hydrogens (tertiary/aromatic N) is 3. The van der Waals surface area contributed by atoms with Crippen molar-refractivity contribution in [1.82, 2.24) is 15.0 Å². The van der Waals surface area contributed by atoms with E-state index in [0.29, 0.717) is 0 Å². The van der Waals surface area contributed by atoms with Crippen LogP contribution in [0.25, 0.3) is 5.57 Å². The van der Waals surface area contributed by atoms with E-state index >= 15 is 0 Å². The second-order valence-corrected chi connectivity index (χ2v) is 4.50. The van der Waals surface area contributed by atoms with Gasteiger partial charge in [-0.05, 0) is 31.3 Å². The predicted molar refractivity (Wildman–Crippen MR) is 61.8 cm³/mol. The fourth-order valence-corrected chi connectivity index (χ4v) is 2.28. The van der Waals surface area contributed by atoms with E-state index in [4.69, 9.17) is 11.6 Å². The van der Waals surface area contributed by atoms with Crippen LogP contribution in [-0.2, 0) is 6.54 Å². The van der Waals surface area contributed by atoms with Crippen molar-refractivity contribution in [2.75, 3.05) is 0 Å². The molecule has 0 fully saturated rings. The van der Waals surface area contributed by atoms with Crippen molar-refractivity contribution in [3.63, 3.8) is 0 Å². The number of aromatic nitrogens is 3. The molecule has 4 heteroatoms. The molecular formula is C11H16ClN3. The van der Waals surface area contributed by atoms with Gasteiger partial charge in [0.25, 0.3) is 0 Å². The monoisotopic (exact) mass is 225 g/mol. The summed E-state index contributed by atoms with van der Waals surface area (Å²) >= 11 is 6.13.